The van der Waals surface area contributed by atoms with Crippen molar-refractivity contribution in [3.05, 3.63) is 17.8 Å². The van der Waals surface area contributed by atoms with Gasteiger partial charge in [0.1, 0.15) is 5.82 Å². The van der Waals surface area contributed by atoms with Gasteiger partial charge in [0.25, 0.3) is 5.91 Å². The van der Waals surface area contributed by atoms with Gasteiger partial charge in [0, 0.05) is 12.6 Å². The maximum absolute atomic E-state index is 12.2. The molecule has 3 atom stereocenters. The molecule has 0 spiro atoms. The number of amides is 1. The zero-order valence-corrected chi connectivity index (χ0v) is 13.2. The third-order valence-electron chi connectivity index (χ3n) is 4.39. The number of carbonyl (C=O) groups excluding carboxylic acids is 1. The molecule has 5 nitrogen and oxygen atoms in total. The van der Waals surface area contributed by atoms with Crippen LogP contribution in [0.4, 0.5) is 5.82 Å². The average molecular weight is 290 g/mol. The first-order valence-corrected chi connectivity index (χ1v) is 7.98. The average Bonchev–Trinajstić information content (AvgIpc) is 2.49. The largest absolute Gasteiger partial charge is 0.369 e. The molecule has 1 fully saturated rings. The highest BCUT2D eigenvalue weighted by atomic mass is 16.2. The van der Waals surface area contributed by atoms with Gasteiger partial charge < -0.3 is 10.6 Å². The van der Waals surface area contributed by atoms with Crippen LogP contribution < -0.4 is 10.6 Å². The number of hydrogen-bond donors (Lipinski definition) is 2. The highest BCUT2D eigenvalue weighted by Gasteiger charge is 2.26. The van der Waals surface area contributed by atoms with Gasteiger partial charge in [-0.05, 0) is 49.7 Å². The summed E-state index contributed by atoms with van der Waals surface area (Å²) in [6, 6.07) is 3.81. The van der Waals surface area contributed by atoms with Crippen LogP contribution in [0.15, 0.2) is 12.1 Å². The van der Waals surface area contributed by atoms with Crippen LogP contribution in [-0.4, -0.2) is 28.7 Å². The van der Waals surface area contributed by atoms with Crippen LogP contribution in [0.2, 0.25) is 0 Å². The molecular formula is C16H26N4O. The van der Waals surface area contributed by atoms with E-state index < -0.39 is 0 Å². The van der Waals surface area contributed by atoms with Gasteiger partial charge in [0.2, 0.25) is 0 Å². The molecule has 1 heterocycles. The SMILES string of the molecule is CCCNc1ccc(C(=O)NC2CCC(C)C(C)C2)nn1. The number of aromatic nitrogens is 2. The minimum atomic E-state index is -0.115. The Hall–Kier alpha value is -1.65. The van der Waals surface area contributed by atoms with Crippen LogP contribution >= 0.6 is 0 Å². The summed E-state index contributed by atoms with van der Waals surface area (Å²) in [5.41, 5.74) is 0.392. The minimum absolute atomic E-state index is 0.115. The van der Waals surface area contributed by atoms with Gasteiger partial charge in [-0.2, -0.15) is 0 Å². The Bertz CT molecular complexity index is 460. The van der Waals surface area contributed by atoms with Gasteiger partial charge in [0.05, 0.1) is 0 Å². The molecule has 1 aliphatic rings. The fourth-order valence-electron chi connectivity index (χ4n) is 2.74. The van der Waals surface area contributed by atoms with Crippen molar-refractivity contribution >= 4 is 11.7 Å². The monoisotopic (exact) mass is 290 g/mol. The van der Waals surface area contributed by atoms with Crippen LogP contribution in [0.25, 0.3) is 0 Å². The van der Waals surface area contributed by atoms with Gasteiger partial charge in [-0.15, -0.1) is 10.2 Å². The quantitative estimate of drug-likeness (QED) is 0.875. The molecule has 3 unspecified atom stereocenters. The van der Waals surface area contributed by atoms with Crippen molar-refractivity contribution < 1.29 is 4.79 Å². The number of hydrogen-bond acceptors (Lipinski definition) is 4. The van der Waals surface area contributed by atoms with Crippen LogP contribution in [0.5, 0.6) is 0 Å². The van der Waals surface area contributed by atoms with Crippen molar-refractivity contribution in [1.82, 2.24) is 15.5 Å². The van der Waals surface area contributed by atoms with Gasteiger partial charge in [-0.3, -0.25) is 4.79 Å². The summed E-state index contributed by atoms with van der Waals surface area (Å²) in [4.78, 5) is 12.2. The Morgan fingerprint density at radius 1 is 1.24 bits per heavy atom. The van der Waals surface area contributed by atoms with E-state index in [0.29, 0.717) is 17.4 Å². The zero-order valence-electron chi connectivity index (χ0n) is 13.2. The lowest BCUT2D eigenvalue weighted by molar-refractivity contribution is 0.0904. The van der Waals surface area contributed by atoms with Crippen molar-refractivity contribution in [3.63, 3.8) is 0 Å². The molecule has 5 heteroatoms. The molecule has 2 rings (SSSR count). The van der Waals surface area contributed by atoms with Crippen molar-refractivity contribution in [3.8, 4) is 0 Å². The van der Waals surface area contributed by atoms with E-state index >= 15 is 0 Å². The second kappa shape index (κ2) is 7.38. The molecular weight excluding hydrogens is 264 g/mol. The van der Waals surface area contributed by atoms with E-state index in [2.05, 4.69) is 41.6 Å². The fourth-order valence-corrected chi connectivity index (χ4v) is 2.74. The minimum Gasteiger partial charge on any atom is -0.369 e. The molecule has 116 valence electrons. The highest BCUT2D eigenvalue weighted by Crippen LogP contribution is 2.29. The Labute approximate surface area is 126 Å². The summed E-state index contributed by atoms with van der Waals surface area (Å²) in [6.45, 7) is 7.50. The number of nitrogens with one attached hydrogen (secondary N) is 2. The van der Waals surface area contributed by atoms with Crippen molar-refractivity contribution in [2.24, 2.45) is 11.8 Å². The van der Waals surface area contributed by atoms with E-state index in [-0.39, 0.29) is 11.9 Å². The molecule has 0 radical (unpaired) electrons. The first-order chi connectivity index (χ1) is 10.1. The second-order valence-corrected chi connectivity index (χ2v) is 6.17. The lowest BCUT2D eigenvalue weighted by Crippen LogP contribution is -2.40. The van der Waals surface area contributed by atoms with E-state index in [9.17, 15) is 4.79 Å². The molecule has 0 aromatic carbocycles. The van der Waals surface area contributed by atoms with Crippen LogP contribution in [0.1, 0.15) is 56.9 Å². The smallest absolute Gasteiger partial charge is 0.272 e. The number of rotatable bonds is 5. The molecule has 2 N–H and O–H groups in total. The predicted molar refractivity (Wildman–Crippen MR) is 84.2 cm³/mol. The van der Waals surface area contributed by atoms with Gasteiger partial charge in [-0.1, -0.05) is 20.8 Å². The van der Waals surface area contributed by atoms with Crippen molar-refractivity contribution in [2.45, 2.75) is 52.5 Å². The summed E-state index contributed by atoms with van der Waals surface area (Å²) in [7, 11) is 0. The molecule has 1 aliphatic carbocycles. The molecule has 1 amide bonds. The molecule has 21 heavy (non-hydrogen) atoms. The Morgan fingerprint density at radius 3 is 2.67 bits per heavy atom. The molecule has 0 aliphatic heterocycles. The predicted octanol–water partition coefficient (Wildman–Crippen LogP) is 2.85. The third kappa shape index (κ3) is 4.41. The normalized spacial score (nSPS) is 25.4. The Morgan fingerprint density at radius 2 is 2.05 bits per heavy atom. The third-order valence-corrected chi connectivity index (χ3v) is 4.39. The second-order valence-electron chi connectivity index (χ2n) is 6.17. The van der Waals surface area contributed by atoms with Crippen LogP contribution in [-0.2, 0) is 0 Å². The summed E-state index contributed by atoms with van der Waals surface area (Å²) in [5.74, 6) is 2.02. The van der Waals surface area contributed by atoms with Gasteiger partial charge in [-0.25, -0.2) is 0 Å². The zero-order chi connectivity index (χ0) is 15.2. The lowest BCUT2D eigenvalue weighted by Gasteiger charge is -2.32. The van der Waals surface area contributed by atoms with E-state index in [1.54, 1.807) is 6.07 Å². The van der Waals surface area contributed by atoms with E-state index in [0.717, 1.165) is 31.7 Å². The summed E-state index contributed by atoms with van der Waals surface area (Å²) < 4.78 is 0. The summed E-state index contributed by atoms with van der Waals surface area (Å²) in [6.07, 6.45) is 4.32. The number of nitrogens with zero attached hydrogens (tertiary/aromatic N) is 2. The summed E-state index contributed by atoms with van der Waals surface area (Å²) >= 11 is 0. The molecule has 0 saturated heterocycles. The van der Waals surface area contributed by atoms with Crippen molar-refractivity contribution in [1.29, 1.82) is 0 Å². The van der Waals surface area contributed by atoms with Crippen LogP contribution in [0, 0.1) is 11.8 Å². The Balaban J connectivity index is 1.88. The molecule has 1 saturated carbocycles. The fraction of sp³-hybridized carbons (Fsp3) is 0.688. The summed E-state index contributed by atoms with van der Waals surface area (Å²) in [5, 5.41) is 14.3. The number of carbonyl (C=O) groups is 1. The number of anilines is 1. The van der Waals surface area contributed by atoms with Gasteiger partial charge >= 0.3 is 0 Å². The first kappa shape index (κ1) is 15.7. The first-order valence-electron chi connectivity index (χ1n) is 7.98. The van der Waals surface area contributed by atoms with Crippen LogP contribution in [0.3, 0.4) is 0 Å². The highest BCUT2D eigenvalue weighted by molar-refractivity contribution is 5.92. The van der Waals surface area contributed by atoms with Gasteiger partial charge in [0.15, 0.2) is 5.69 Å². The standard InChI is InChI=1S/C16H26N4O/c1-4-9-17-15-8-7-14(19-20-15)16(21)18-13-6-5-11(2)12(3)10-13/h7-8,11-13H,4-6,9-10H2,1-3H3,(H,17,20)(H,18,21). The Kier molecular flexibility index (Phi) is 5.53. The van der Waals surface area contributed by atoms with Crippen molar-refractivity contribution in [2.75, 3.05) is 11.9 Å². The molecule has 1 aromatic heterocycles. The van der Waals surface area contributed by atoms with E-state index in [1.165, 1.54) is 6.42 Å². The molecule has 0 bridgehead atoms. The maximum atomic E-state index is 12.2. The molecule has 1 aromatic rings. The van der Waals surface area contributed by atoms with E-state index in [1.807, 2.05) is 6.07 Å². The topological polar surface area (TPSA) is 66.9 Å². The van der Waals surface area contributed by atoms with E-state index in [4.69, 9.17) is 0 Å². The lowest BCUT2D eigenvalue weighted by atomic mass is 9.79. The maximum Gasteiger partial charge on any atom is 0.272 e.